The van der Waals surface area contributed by atoms with E-state index in [0.29, 0.717) is 0 Å². The smallest absolute Gasteiger partial charge is 0.155 e. The van der Waals surface area contributed by atoms with Gasteiger partial charge in [0.15, 0.2) is 5.65 Å². The molecule has 58 valence electrons. The van der Waals surface area contributed by atoms with Crippen molar-refractivity contribution in [3.63, 3.8) is 0 Å². The second-order valence-electron chi connectivity index (χ2n) is 2.41. The minimum Gasteiger partial charge on any atom is -0.261 e. The van der Waals surface area contributed by atoms with Gasteiger partial charge in [0.2, 0.25) is 0 Å². The number of rotatable bonds is 0. The Labute approximate surface area is 69.8 Å². The third-order valence-electron chi connectivity index (χ3n) is 1.56. The number of nitrogens with one attached hydrogen (secondary N) is 1. The Morgan fingerprint density at radius 2 is 2.33 bits per heavy atom. The molecule has 0 aliphatic carbocycles. The van der Waals surface area contributed by atoms with E-state index in [1.54, 1.807) is 19.3 Å². The molecule has 0 atom stereocenters. The highest BCUT2D eigenvalue weighted by Crippen LogP contribution is 2.08. The summed E-state index contributed by atoms with van der Waals surface area (Å²) in [6.07, 6.45) is 3.47. The quantitative estimate of drug-likeness (QED) is 0.586. The molecule has 0 aliphatic heterocycles. The lowest BCUT2D eigenvalue weighted by atomic mass is 10.2. The van der Waals surface area contributed by atoms with Crippen molar-refractivity contribution in [3.8, 4) is 11.8 Å². The Bertz CT molecular complexity index is 459. The third kappa shape index (κ3) is 1.04. The van der Waals surface area contributed by atoms with E-state index >= 15 is 0 Å². The molecule has 2 aromatic heterocycles. The Kier molecular flexibility index (Phi) is 1.52. The van der Waals surface area contributed by atoms with Crippen LogP contribution in [0, 0.1) is 11.8 Å². The van der Waals surface area contributed by atoms with Crippen molar-refractivity contribution in [1.29, 1.82) is 0 Å². The fourth-order valence-corrected chi connectivity index (χ4v) is 1.05. The first-order valence-electron chi connectivity index (χ1n) is 3.62. The molecule has 12 heavy (non-hydrogen) atoms. The van der Waals surface area contributed by atoms with E-state index in [2.05, 4.69) is 27.0 Å². The maximum Gasteiger partial charge on any atom is 0.155 e. The normalized spacial score (nSPS) is 9.42. The fourth-order valence-electron chi connectivity index (χ4n) is 1.05. The van der Waals surface area contributed by atoms with Gasteiger partial charge in [-0.3, -0.25) is 5.10 Å². The van der Waals surface area contributed by atoms with Crippen molar-refractivity contribution < 1.29 is 0 Å². The molecular weight excluding hydrogens is 150 g/mol. The predicted molar refractivity (Wildman–Crippen MR) is 46.4 cm³/mol. The number of aromatic nitrogens is 3. The lowest BCUT2D eigenvalue weighted by molar-refractivity contribution is 1.10. The zero-order chi connectivity index (χ0) is 8.39. The monoisotopic (exact) mass is 157 g/mol. The molecule has 2 rings (SSSR count). The molecule has 0 radical (unpaired) electrons. The van der Waals surface area contributed by atoms with Crippen LogP contribution in [-0.4, -0.2) is 15.2 Å². The Balaban J connectivity index is 2.65. The van der Waals surface area contributed by atoms with Gasteiger partial charge in [0.25, 0.3) is 0 Å². The molecule has 0 saturated carbocycles. The number of aromatic amines is 1. The zero-order valence-electron chi connectivity index (χ0n) is 6.63. The van der Waals surface area contributed by atoms with Crippen molar-refractivity contribution in [1.82, 2.24) is 15.2 Å². The van der Waals surface area contributed by atoms with Crippen LogP contribution in [0.5, 0.6) is 0 Å². The summed E-state index contributed by atoms with van der Waals surface area (Å²) in [5.41, 5.74) is 1.73. The topological polar surface area (TPSA) is 41.6 Å². The number of nitrogens with zero attached hydrogens (tertiary/aromatic N) is 2. The van der Waals surface area contributed by atoms with Crippen molar-refractivity contribution in [2.75, 3.05) is 0 Å². The van der Waals surface area contributed by atoms with Crippen LogP contribution in [0.25, 0.3) is 11.0 Å². The lowest BCUT2D eigenvalue weighted by Gasteiger charge is -1.88. The standard InChI is InChI=1S/C9H7N3/c1-2-3-7-4-8-6-11-12-9(8)10-5-7/h4-6H,1H3,(H,10,11,12). The average Bonchev–Trinajstić information content (AvgIpc) is 2.51. The van der Waals surface area contributed by atoms with Crippen LogP contribution in [0.15, 0.2) is 18.5 Å². The summed E-state index contributed by atoms with van der Waals surface area (Å²) < 4.78 is 0. The first-order valence-corrected chi connectivity index (χ1v) is 3.62. The molecular formula is C9H7N3. The van der Waals surface area contributed by atoms with Gasteiger partial charge >= 0.3 is 0 Å². The summed E-state index contributed by atoms with van der Waals surface area (Å²) in [7, 11) is 0. The fraction of sp³-hybridized carbons (Fsp3) is 0.111. The van der Waals surface area contributed by atoms with E-state index in [-0.39, 0.29) is 0 Å². The van der Waals surface area contributed by atoms with Gasteiger partial charge in [-0.2, -0.15) is 5.10 Å². The number of H-pyrrole nitrogens is 1. The van der Waals surface area contributed by atoms with Crippen molar-refractivity contribution in [2.45, 2.75) is 6.92 Å². The second-order valence-corrected chi connectivity index (χ2v) is 2.41. The van der Waals surface area contributed by atoms with Gasteiger partial charge in [0, 0.05) is 17.1 Å². The van der Waals surface area contributed by atoms with Gasteiger partial charge < -0.3 is 0 Å². The minimum absolute atomic E-state index is 0.802. The van der Waals surface area contributed by atoms with Gasteiger partial charge in [-0.15, -0.1) is 5.92 Å². The highest BCUT2D eigenvalue weighted by molar-refractivity contribution is 5.74. The molecule has 0 saturated heterocycles. The Morgan fingerprint density at radius 1 is 1.42 bits per heavy atom. The van der Waals surface area contributed by atoms with Crippen LogP contribution in [0.3, 0.4) is 0 Å². The second kappa shape index (κ2) is 2.67. The van der Waals surface area contributed by atoms with Crippen LogP contribution in [0.4, 0.5) is 0 Å². The van der Waals surface area contributed by atoms with E-state index in [0.717, 1.165) is 16.6 Å². The van der Waals surface area contributed by atoms with Crippen molar-refractivity contribution >= 4 is 11.0 Å². The summed E-state index contributed by atoms with van der Waals surface area (Å²) in [6.45, 7) is 1.81. The van der Waals surface area contributed by atoms with E-state index in [9.17, 15) is 0 Å². The molecule has 0 unspecified atom stereocenters. The van der Waals surface area contributed by atoms with E-state index in [4.69, 9.17) is 0 Å². The van der Waals surface area contributed by atoms with Crippen molar-refractivity contribution in [3.05, 3.63) is 24.0 Å². The SMILES string of the molecule is CC#Cc1cnc2[nH]ncc2c1. The van der Waals surface area contributed by atoms with Gasteiger partial charge in [-0.1, -0.05) is 5.92 Å². The molecule has 1 N–H and O–H groups in total. The first-order chi connectivity index (χ1) is 5.90. The van der Waals surface area contributed by atoms with Gasteiger partial charge in [0.1, 0.15) is 0 Å². The van der Waals surface area contributed by atoms with Crippen LogP contribution >= 0.6 is 0 Å². The Morgan fingerprint density at radius 3 is 3.17 bits per heavy atom. The van der Waals surface area contributed by atoms with Crippen LogP contribution in [-0.2, 0) is 0 Å². The van der Waals surface area contributed by atoms with Gasteiger partial charge in [0.05, 0.1) is 6.20 Å². The number of fused-ring (bicyclic) bond motifs is 1. The lowest BCUT2D eigenvalue weighted by Crippen LogP contribution is -1.79. The largest absolute Gasteiger partial charge is 0.261 e. The molecule has 0 amide bonds. The highest BCUT2D eigenvalue weighted by Gasteiger charge is 1.95. The molecule has 0 aromatic carbocycles. The molecule has 2 aromatic rings. The molecule has 0 aliphatic rings. The van der Waals surface area contributed by atoms with Gasteiger partial charge in [-0.25, -0.2) is 4.98 Å². The zero-order valence-corrected chi connectivity index (χ0v) is 6.63. The minimum atomic E-state index is 0.802. The maximum atomic E-state index is 4.14. The molecule has 2 heterocycles. The molecule has 3 nitrogen and oxygen atoms in total. The van der Waals surface area contributed by atoms with E-state index in [1.165, 1.54) is 0 Å². The first kappa shape index (κ1) is 6.86. The van der Waals surface area contributed by atoms with Gasteiger partial charge in [-0.05, 0) is 13.0 Å². The predicted octanol–water partition coefficient (Wildman–Crippen LogP) is 1.33. The highest BCUT2D eigenvalue weighted by atomic mass is 15.1. The van der Waals surface area contributed by atoms with E-state index < -0.39 is 0 Å². The van der Waals surface area contributed by atoms with Crippen LogP contribution in [0.2, 0.25) is 0 Å². The number of hydrogen-bond acceptors (Lipinski definition) is 2. The summed E-state index contributed by atoms with van der Waals surface area (Å²) >= 11 is 0. The van der Waals surface area contributed by atoms with E-state index in [1.807, 2.05) is 6.07 Å². The molecule has 0 fully saturated rings. The molecule has 0 bridgehead atoms. The average molecular weight is 157 g/mol. The van der Waals surface area contributed by atoms with Crippen molar-refractivity contribution in [2.24, 2.45) is 0 Å². The maximum absolute atomic E-state index is 4.14. The molecule has 3 heteroatoms. The third-order valence-corrected chi connectivity index (χ3v) is 1.56. The number of pyridine rings is 1. The Hall–Kier alpha value is -1.82. The van der Waals surface area contributed by atoms with Crippen LogP contribution < -0.4 is 0 Å². The summed E-state index contributed by atoms with van der Waals surface area (Å²) in [5.74, 6) is 5.76. The van der Waals surface area contributed by atoms with Crippen LogP contribution in [0.1, 0.15) is 12.5 Å². The summed E-state index contributed by atoms with van der Waals surface area (Å²) in [5, 5.41) is 7.64. The number of hydrogen-bond donors (Lipinski definition) is 1. The molecule has 0 spiro atoms. The summed E-state index contributed by atoms with van der Waals surface area (Å²) in [4.78, 5) is 4.14. The summed E-state index contributed by atoms with van der Waals surface area (Å²) in [6, 6.07) is 1.96.